The van der Waals surface area contributed by atoms with Crippen molar-refractivity contribution in [1.29, 1.82) is 0 Å². The van der Waals surface area contributed by atoms with Crippen molar-refractivity contribution in [3.8, 4) is 11.5 Å². The molecule has 0 aromatic heterocycles. The molecule has 14 nitrogen and oxygen atoms in total. The first-order valence-electron chi connectivity index (χ1n) is 6.57. The summed E-state index contributed by atoms with van der Waals surface area (Å²) in [5.74, 6) is -2.97. The summed E-state index contributed by atoms with van der Waals surface area (Å²) in [4.78, 5) is 29.1. The molecular weight excluding hydrogens is 386 g/mol. The Balaban J connectivity index is 0. The van der Waals surface area contributed by atoms with Gasteiger partial charge in [-0.15, -0.1) is 0 Å². The number of aromatic carboxylic acids is 1. The summed E-state index contributed by atoms with van der Waals surface area (Å²) >= 11 is 0. The number of phenols is 1. The van der Waals surface area contributed by atoms with Crippen molar-refractivity contribution >= 4 is 23.6 Å². The molecule has 2 rings (SSSR count). The normalized spacial score (nSPS) is 9.29. The maximum atomic E-state index is 11.2. The number of hydrogen-bond donors (Lipinski definition) is 4. The van der Waals surface area contributed by atoms with Gasteiger partial charge in [0.1, 0.15) is 5.75 Å². The van der Waals surface area contributed by atoms with E-state index in [1.54, 1.807) is 24.3 Å². The molecule has 0 bridgehead atoms. The number of phenolic OH excluding ortho intramolecular Hbond substituents is 1. The summed E-state index contributed by atoms with van der Waals surface area (Å²) in [7, 11) is 0. The van der Waals surface area contributed by atoms with Crippen LogP contribution in [-0.4, -0.2) is 48.4 Å². The number of nitro benzene ring substituents is 2. The van der Waals surface area contributed by atoms with Gasteiger partial charge in [0.25, 0.3) is 11.4 Å². The number of rotatable bonds is 4. The first-order chi connectivity index (χ1) is 12.2. The van der Waals surface area contributed by atoms with E-state index in [2.05, 4.69) is 0 Å². The molecule has 0 saturated carbocycles. The number of para-hydroxylation sites is 1. The third-order valence-electron chi connectivity index (χ3n) is 2.85. The molecule has 0 saturated heterocycles. The average Bonchev–Trinajstić information content (AvgIpc) is 2.57. The number of benzene rings is 2. The molecule has 0 heterocycles. The molecule has 28 heavy (non-hydrogen) atoms. The summed E-state index contributed by atoms with van der Waals surface area (Å²) in [5, 5.41) is 59.6. The summed E-state index contributed by atoms with van der Waals surface area (Å²) in [6.07, 6.45) is 1.30. The number of nitro groups is 2. The van der Waals surface area contributed by atoms with Crippen molar-refractivity contribution in [1.82, 2.24) is 0 Å². The summed E-state index contributed by atoms with van der Waals surface area (Å²) < 4.78 is 0. The van der Waals surface area contributed by atoms with Crippen LogP contribution < -0.4 is 10.3 Å². The Morgan fingerprint density at radius 2 is 1.64 bits per heavy atom. The van der Waals surface area contributed by atoms with Crippen molar-refractivity contribution in [2.24, 2.45) is 0 Å². The first-order valence-corrected chi connectivity index (χ1v) is 6.57. The predicted molar refractivity (Wildman–Crippen MR) is 89.4 cm³/mol. The summed E-state index contributed by atoms with van der Waals surface area (Å²) in [5.41, 5.74) is -2.39. The highest BCUT2D eigenvalue weighted by Crippen LogP contribution is 2.31. The maximum absolute atomic E-state index is 11.2. The van der Waals surface area contributed by atoms with Gasteiger partial charge < -0.3 is 26.3 Å². The van der Waals surface area contributed by atoms with Gasteiger partial charge in [-0.05, 0) is 23.0 Å². The monoisotopic (exact) mass is 401 g/mol. The van der Waals surface area contributed by atoms with Crippen molar-refractivity contribution in [3.63, 3.8) is 0 Å². The molecule has 0 spiro atoms. The largest absolute Gasteiger partial charge is 0.867 e. The molecule has 0 atom stereocenters. The van der Waals surface area contributed by atoms with Gasteiger partial charge in [-0.2, -0.15) is 0 Å². The van der Waals surface area contributed by atoms with E-state index in [0.29, 0.717) is 17.7 Å². The zero-order valence-corrected chi connectivity index (χ0v) is 13.7. The van der Waals surface area contributed by atoms with Gasteiger partial charge in [0.15, 0.2) is 0 Å². The van der Waals surface area contributed by atoms with Gasteiger partial charge in [0.2, 0.25) is 6.21 Å². The van der Waals surface area contributed by atoms with Crippen LogP contribution in [0, 0.1) is 20.2 Å². The van der Waals surface area contributed by atoms with E-state index in [1.807, 2.05) is 5.16 Å². The molecule has 152 valence electrons. The second-order valence-corrected chi connectivity index (χ2v) is 4.49. The van der Waals surface area contributed by atoms with Gasteiger partial charge in [-0.1, -0.05) is 12.1 Å². The van der Waals surface area contributed by atoms with Crippen LogP contribution in [0.4, 0.5) is 11.4 Å². The molecule has 2 aromatic rings. The molecule has 0 aliphatic heterocycles. The van der Waals surface area contributed by atoms with Gasteiger partial charge in [-0.3, -0.25) is 25.4 Å². The van der Waals surface area contributed by atoms with Crippen LogP contribution in [0.15, 0.2) is 36.4 Å². The van der Waals surface area contributed by atoms with E-state index in [0.717, 1.165) is 0 Å². The highest BCUT2D eigenvalue weighted by atomic mass is 16.6. The minimum atomic E-state index is -1.75. The van der Waals surface area contributed by atoms with Crippen LogP contribution >= 0.6 is 0 Å². The van der Waals surface area contributed by atoms with Crippen LogP contribution in [0.1, 0.15) is 15.9 Å². The Labute approximate surface area is 155 Å². The van der Waals surface area contributed by atoms with E-state index in [-0.39, 0.29) is 16.7 Å². The smallest absolute Gasteiger partial charge is 0.335 e. The lowest BCUT2D eigenvalue weighted by Crippen LogP contribution is -2.64. The second-order valence-electron chi connectivity index (χ2n) is 4.49. The van der Waals surface area contributed by atoms with E-state index < -0.39 is 38.5 Å². The van der Waals surface area contributed by atoms with Gasteiger partial charge in [0.05, 0.1) is 27.0 Å². The van der Waals surface area contributed by atoms with Gasteiger partial charge in [0, 0.05) is 6.07 Å². The topological polar surface area (TPSA) is 264 Å². The Hall–Kier alpha value is -4.30. The Morgan fingerprint density at radius 3 is 2.07 bits per heavy atom. The van der Waals surface area contributed by atoms with Crippen molar-refractivity contribution < 1.29 is 51.3 Å². The molecule has 0 unspecified atom stereocenters. The van der Waals surface area contributed by atoms with Crippen molar-refractivity contribution in [2.45, 2.75) is 0 Å². The molecule has 0 aliphatic carbocycles. The standard InChI is InChI=1S/C7H4N2O7.C7H7NO2.2H2O/c10-6-4(7(11)12)1-3(8(13)14)2-5(6)9(15)16;9-7-4-2-1-3-6(7)5-8-10;;/h1-2,10H,(H,11,12);1-5,9-10H;2*1H2/b;8-5+;;. The second kappa shape index (κ2) is 11.3. The first kappa shape index (κ1) is 25.9. The molecule has 0 amide bonds. The lowest BCUT2D eigenvalue weighted by molar-refractivity contribution is -0.733. The molecule has 8 N–H and O–H groups in total. The molecule has 0 radical (unpaired) electrons. The quantitative estimate of drug-likeness (QED) is 0.189. The van der Waals surface area contributed by atoms with E-state index in [1.165, 1.54) is 6.21 Å². The van der Waals surface area contributed by atoms with E-state index >= 15 is 0 Å². The lowest BCUT2D eigenvalue weighted by Gasteiger charge is -2.09. The van der Waals surface area contributed by atoms with Crippen LogP contribution in [-0.2, 0) is 0 Å². The van der Waals surface area contributed by atoms with Crippen LogP contribution in [0.3, 0.4) is 0 Å². The van der Waals surface area contributed by atoms with Crippen molar-refractivity contribution in [2.75, 3.05) is 0 Å². The van der Waals surface area contributed by atoms with Gasteiger partial charge >= 0.3 is 5.97 Å². The van der Waals surface area contributed by atoms with E-state index in [4.69, 9.17) is 15.4 Å². The number of aromatic hydroxyl groups is 1. The number of nitrogens with zero attached hydrogens (tertiary/aromatic N) is 2. The number of carbonyl (C=O) groups is 1. The van der Waals surface area contributed by atoms with Crippen LogP contribution in [0.5, 0.6) is 11.5 Å². The lowest BCUT2D eigenvalue weighted by atomic mass is 10.1. The minimum Gasteiger partial charge on any atom is -0.867 e. The molecular formula is C14H15N3O11. The fourth-order valence-corrected chi connectivity index (χ4v) is 1.68. The number of carboxylic acid groups (broad SMARTS) is 1. The Kier molecular flexibility index (Phi) is 10.5. The third kappa shape index (κ3) is 6.54. The Bertz CT molecular complexity index is 848. The maximum Gasteiger partial charge on any atom is 0.335 e. The number of carboxylic acids is 1. The minimum absolute atomic E-state index is 0. The summed E-state index contributed by atoms with van der Waals surface area (Å²) in [6, 6.07) is 7.61. The third-order valence-corrected chi connectivity index (χ3v) is 2.85. The zero-order chi connectivity index (χ0) is 19.9. The zero-order valence-electron chi connectivity index (χ0n) is 13.7. The van der Waals surface area contributed by atoms with Gasteiger partial charge in [-0.25, -0.2) is 4.79 Å². The SMILES string of the molecule is O.O.O/[NH+]=C/c1ccccc1O.O=C(O)c1cc([N+](=O)[O-])cc([N+](=O)[O-])c1[O-]. The molecule has 14 heteroatoms. The van der Waals surface area contributed by atoms with Crippen LogP contribution in [0.25, 0.3) is 0 Å². The number of non-ortho nitro benzene ring substituents is 1. The van der Waals surface area contributed by atoms with E-state index in [9.17, 15) is 30.1 Å². The fourth-order valence-electron chi connectivity index (χ4n) is 1.68. The molecule has 2 aromatic carbocycles. The average molecular weight is 401 g/mol. The highest BCUT2D eigenvalue weighted by Gasteiger charge is 2.21. The van der Waals surface area contributed by atoms with Crippen LogP contribution in [0.2, 0.25) is 0 Å². The predicted octanol–water partition coefficient (Wildman–Crippen LogP) is -2.09. The molecule has 0 aliphatic rings. The summed E-state index contributed by atoms with van der Waals surface area (Å²) in [6.45, 7) is 0. The fraction of sp³-hybridized carbons (Fsp3) is 0. The highest BCUT2D eigenvalue weighted by molar-refractivity contribution is 5.93. The Morgan fingerprint density at radius 1 is 1.07 bits per heavy atom. The van der Waals surface area contributed by atoms with Crippen molar-refractivity contribution in [3.05, 3.63) is 67.8 Å². The molecule has 0 fully saturated rings. The number of hydrogen-bond acceptors (Lipinski definition) is 8. The number of nitrogens with one attached hydrogen (secondary N) is 1.